The number of aliphatic hydroxyl groups excluding tert-OH is 1. The average molecular weight is 389 g/mol. The summed E-state index contributed by atoms with van der Waals surface area (Å²) in [7, 11) is 0. The first-order valence-electron chi connectivity index (χ1n) is 9.78. The fourth-order valence-corrected chi connectivity index (χ4v) is 3.22. The number of carbonyl (C=O) groups excluding carboxylic acids is 1. The molecule has 1 N–H and O–H groups in total. The molecular weight excluding hydrogens is 362 g/mol. The second kappa shape index (κ2) is 9.85. The molecule has 0 fully saturated rings. The molecule has 0 aliphatic rings. The van der Waals surface area contributed by atoms with E-state index in [-0.39, 0.29) is 12.5 Å². The maximum atomic E-state index is 12.9. The van der Waals surface area contributed by atoms with Gasteiger partial charge in [-0.2, -0.15) is 5.10 Å². The summed E-state index contributed by atoms with van der Waals surface area (Å²) < 4.78 is 1.96. The fourth-order valence-electron chi connectivity index (χ4n) is 3.22. The zero-order chi connectivity index (χ0) is 20.6. The van der Waals surface area contributed by atoms with E-state index in [1.54, 1.807) is 4.90 Å². The topological polar surface area (TPSA) is 58.4 Å². The molecule has 0 spiro atoms. The third-order valence-corrected chi connectivity index (χ3v) is 4.73. The molecule has 0 aliphatic heterocycles. The van der Waals surface area contributed by atoms with Gasteiger partial charge in [0.1, 0.15) is 0 Å². The van der Waals surface area contributed by atoms with Crippen molar-refractivity contribution >= 4 is 12.0 Å². The van der Waals surface area contributed by atoms with E-state index in [4.69, 9.17) is 0 Å². The molecule has 5 heteroatoms. The van der Waals surface area contributed by atoms with Crippen LogP contribution < -0.4 is 0 Å². The van der Waals surface area contributed by atoms with Gasteiger partial charge < -0.3 is 10.0 Å². The zero-order valence-electron chi connectivity index (χ0n) is 17.0. The van der Waals surface area contributed by atoms with Crippen LogP contribution in [0.25, 0.3) is 6.08 Å². The Hall–Kier alpha value is -3.18. The van der Waals surface area contributed by atoms with Gasteiger partial charge in [-0.15, -0.1) is 0 Å². The number of aliphatic hydroxyl groups is 1. The van der Waals surface area contributed by atoms with Gasteiger partial charge in [0.05, 0.1) is 18.8 Å². The number of rotatable bonds is 8. The van der Waals surface area contributed by atoms with E-state index < -0.39 is 0 Å². The van der Waals surface area contributed by atoms with Gasteiger partial charge in [-0.05, 0) is 43.2 Å². The maximum Gasteiger partial charge on any atom is 0.254 e. The first-order chi connectivity index (χ1) is 14.1. The van der Waals surface area contributed by atoms with Crippen LogP contribution in [0.5, 0.6) is 0 Å². The summed E-state index contributed by atoms with van der Waals surface area (Å²) in [6.07, 6.45) is 3.93. The Morgan fingerprint density at radius 3 is 2.45 bits per heavy atom. The molecule has 2 aromatic carbocycles. The SMILES string of the molecule is Cc1cc(C)n(Cc2ccc(C(=O)N(CC=Cc3ccccc3)CCO)cc2)n1. The Morgan fingerprint density at radius 1 is 1.10 bits per heavy atom. The third-order valence-electron chi connectivity index (χ3n) is 4.73. The first kappa shape index (κ1) is 20.6. The van der Waals surface area contributed by atoms with Crippen molar-refractivity contribution in [2.75, 3.05) is 19.7 Å². The lowest BCUT2D eigenvalue weighted by Gasteiger charge is -2.20. The number of carbonyl (C=O) groups is 1. The number of amides is 1. The molecule has 29 heavy (non-hydrogen) atoms. The minimum atomic E-state index is -0.0885. The van der Waals surface area contributed by atoms with Crippen LogP contribution in [0, 0.1) is 13.8 Å². The van der Waals surface area contributed by atoms with Crippen molar-refractivity contribution < 1.29 is 9.90 Å². The average Bonchev–Trinajstić information content (AvgIpc) is 3.05. The summed E-state index contributed by atoms with van der Waals surface area (Å²) in [6, 6.07) is 19.6. The molecule has 0 bridgehead atoms. The summed E-state index contributed by atoms with van der Waals surface area (Å²) in [4.78, 5) is 14.5. The van der Waals surface area contributed by atoms with Gasteiger partial charge in [-0.3, -0.25) is 9.48 Å². The Balaban J connectivity index is 1.66. The second-order valence-electron chi connectivity index (χ2n) is 7.07. The van der Waals surface area contributed by atoms with Crippen molar-refractivity contribution in [2.45, 2.75) is 20.4 Å². The highest BCUT2D eigenvalue weighted by Gasteiger charge is 2.14. The molecule has 0 aliphatic carbocycles. The predicted octanol–water partition coefficient (Wildman–Crippen LogP) is 3.70. The number of benzene rings is 2. The number of aryl methyl sites for hydroxylation is 2. The molecule has 0 saturated heterocycles. The Kier molecular flexibility index (Phi) is 6.98. The fraction of sp³-hybridized carbons (Fsp3) is 0.250. The molecule has 0 unspecified atom stereocenters. The molecular formula is C24H27N3O2. The largest absolute Gasteiger partial charge is 0.395 e. The lowest BCUT2D eigenvalue weighted by molar-refractivity contribution is 0.0743. The quantitative estimate of drug-likeness (QED) is 0.639. The van der Waals surface area contributed by atoms with Crippen LogP contribution in [-0.4, -0.2) is 45.4 Å². The summed E-state index contributed by atoms with van der Waals surface area (Å²) in [6.45, 7) is 5.36. The molecule has 0 saturated carbocycles. The van der Waals surface area contributed by atoms with Crippen LogP contribution in [0.4, 0.5) is 0 Å². The monoisotopic (exact) mass is 389 g/mol. The van der Waals surface area contributed by atoms with Crippen molar-refractivity contribution in [1.82, 2.24) is 14.7 Å². The van der Waals surface area contributed by atoms with Gasteiger partial charge >= 0.3 is 0 Å². The van der Waals surface area contributed by atoms with Crippen LogP contribution in [-0.2, 0) is 6.54 Å². The lowest BCUT2D eigenvalue weighted by atomic mass is 10.1. The molecule has 3 rings (SSSR count). The van der Waals surface area contributed by atoms with Crippen molar-refractivity contribution in [1.29, 1.82) is 0 Å². The van der Waals surface area contributed by atoms with E-state index in [0.29, 0.717) is 25.2 Å². The smallest absolute Gasteiger partial charge is 0.254 e. The van der Waals surface area contributed by atoms with Crippen molar-refractivity contribution in [2.24, 2.45) is 0 Å². The Bertz CT molecular complexity index is 960. The van der Waals surface area contributed by atoms with Crippen LogP contribution >= 0.6 is 0 Å². The molecule has 1 heterocycles. The first-order valence-corrected chi connectivity index (χ1v) is 9.78. The number of aromatic nitrogens is 2. The van der Waals surface area contributed by atoms with E-state index in [1.807, 2.05) is 91.3 Å². The van der Waals surface area contributed by atoms with E-state index in [2.05, 4.69) is 5.10 Å². The van der Waals surface area contributed by atoms with Crippen molar-refractivity contribution in [3.05, 3.63) is 94.8 Å². The summed E-state index contributed by atoms with van der Waals surface area (Å²) >= 11 is 0. The van der Waals surface area contributed by atoms with Crippen LogP contribution in [0.1, 0.15) is 32.9 Å². The molecule has 3 aromatic rings. The maximum absolute atomic E-state index is 12.9. The molecule has 5 nitrogen and oxygen atoms in total. The summed E-state index contributed by atoms with van der Waals surface area (Å²) in [5.74, 6) is -0.0885. The Labute approximate surface area is 171 Å². The number of hydrogen-bond acceptors (Lipinski definition) is 3. The molecule has 1 aromatic heterocycles. The molecule has 150 valence electrons. The van der Waals surface area contributed by atoms with E-state index in [1.165, 1.54) is 0 Å². The van der Waals surface area contributed by atoms with Crippen LogP contribution in [0.2, 0.25) is 0 Å². The third kappa shape index (κ3) is 5.65. The lowest BCUT2D eigenvalue weighted by Crippen LogP contribution is -2.33. The van der Waals surface area contributed by atoms with Gasteiger partial charge in [0.2, 0.25) is 0 Å². The van der Waals surface area contributed by atoms with Gasteiger partial charge in [-0.25, -0.2) is 0 Å². The van der Waals surface area contributed by atoms with Crippen LogP contribution in [0.3, 0.4) is 0 Å². The molecule has 1 amide bonds. The standard InChI is InChI=1S/C24H27N3O2/c1-19-17-20(2)27(25-19)18-22-10-12-23(13-11-22)24(29)26(15-16-28)14-6-9-21-7-4-3-5-8-21/h3-13,17,28H,14-16,18H2,1-2H3. The normalized spacial score (nSPS) is 11.1. The van der Waals surface area contributed by atoms with E-state index in [0.717, 1.165) is 22.5 Å². The second-order valence-corrected chi connectivity index (χ2v) is 7.07. The van der Waals surface area contributed by atoms with Gasteiger partial charge in [-0.1, -0.05) is 54.6 Å². The minimum Gasteiger partial charge on any atom is -0.395 e. The molecule has 0 radical (unpaired) electrons. The Morgan fingerprint density at radius 2 is 1.83 bits per heavy atom. The highest BCUT2D eigenvalue weighted by molar-refractivity contribution is 5.94. The summed E-state index contributed by atoms with van der Waals surface area (Å²) in [5.41, 5.74) is 4.89. The van der Waals surface area contributed by atoms with E-state index >= 15 is 0 Å². The van der Waals surface area contributed by atoms with Crippen LogP contribution in [0.15, 0.2) is 66.7 Å². The van der Waals surface area contributed by atoms with Gasteiger partial charge in [0, 0.05) is 24.3 Å². The van der Waals surface area contributed by atoms with Crippen molar-refractivity contribution in [3.8, 4) is 0 Å². The predicted molar refractivity (Wildman–Crippen MR) is 116 cm³/mol. The number of hydrogen-bond donors (Lipinski definition) is 1. The van der Waals surface area contributed by atoms with Gasteiger partial charge in [0.25, 0.3) is 5.91 Å². The van der Waals surface area contributed by atoms with Gasteiger partial charge in [0.15, 0.2) is 0 Å². The minimum absolute atomic E-state index is 0.0685. The van der Waals surface area contributed by atoms with E-state index in [9.17, 15) is 9.90 Å². The number of nitrogens with zero attached hydrogens (tertiary/aromatic N) is 3. The summed E-state index contributed by atoms with van der Waals surface area (Å²) in [5, 5.41) is 13.8. The molecule has 0 atom stereocenters. The highest BCUT2D eigenvalue weighted by atomic mass is 16.3. The highest BCUT2D eigenvalue weighted by Crippen LogP contribution is 2.11. The van der Waals surface area contributed by atoms with Crippen molar-refractivity contribution in [3.63, 3.8) is 0 Å². The zero-order valence-corrected chi connectivity index (χ0v) is 17.0.